The number of nitrogens with zero attached hydrogens (tertiary/aromatic N) is 3. The van der Waals surface area contributed by atoms with E-state index in [1.807, 2.05) is 0 Å². The van der Waals surface area contributed by atoms with Crippen LogP contribution in [0.3, 0.4) is 0 Å². The summed E-state index contributed by atoms with van der Waals surface area (Å²) in [6, 6.07) is -0.773. The van der Waals surface area contributed by atoms with Crippen molar-refractivity contribution >= 4 is 13.6 Å². The molecular weight excluding hydrogens is 393 g/mol. The Balaban J connectivity index is 2.29. The first kappa shape index (κ1) is 23.1. The fourth-order valence-electron chi connectivity index (χ4n) is 3.34. The van der Waals surface area contributed by atoms with Crippen molar-refractivity contribution in [3.8, 4) is 0 Å². The van der Waals surface area contributed by atoms with Crippen LogP contribution in [0.15, 0.2) is 5.11 Å². The van der Waals surface area contributed by atoms with Gasteiger partial charge in [0.05, 0.1) is 32.0 Å². The van der Waals surface area contributed by atoms with Crippen molar-refractivity contribution in [3.05, 3.63) is 10.4 Å². The highest BCUT2D eigenvalue weighted by Gasteiger charge is 2.56. The molecule has 0 aliphatic carbocycles. The van der Waals surface area contributed by atoms with Crippen LogP contribution in [0.25, 0.3) is 10.4 Å². The lowest BCUT2D eigenvalue weighted by molar-refractivity contribution is -0.207. The Kier molecular flexibility index (Phi) is 7.87. The topological polar surface area (TPSA) is 138 Å². The minimum Gasteiger partial charge on any atom is -0.465 e. The van der Waals surface area contributed by atoms with Crippen LogP contribution in [0.5, 0.6) is 0 Å². The second kappa shape index (κ2) is 9.54. The van der Waals surface area contributed by atoms with Gasteiger partial charge in [0.1, 0.15) is 6.10 Å². The third-order valence-electron chi connectivity index (χ3n) is 4.31. The minimum absolute atomic E-state index is 0.0874. The van der Waals surface area contributed by atoms with E-state index in [4.69, 9.17) is 33.5 Å². The van der Waals surface area contributed by atoms with Gasteiger partial charge in [-0.25, -0.2) is 0 Å². The van der Waals surface area contributed by atoms with Crippen LogP contribution < -0.4 is 0 Å². The molecule has 5 unspecified atom stereocenters. The zero-order valence-electron chi connectivity index (χ0n) is 16.8. The van der Waals surface area contributed by atoms with E-state index in [-0.39, 0.29) is 26.2 Å². The molecular formula is C16H28N3O8P. The van der Waals surface area contributed by atoms with E-state index in [9.17, 15) is 9.36 Å². The summed E-state index contributed by atoms with van der Waals surface area (Å²) in [4.78, 5) is 15.4. The highest BCUT2D eigenvalue weighted by Crippen LogP contribution is 2.56. The van der Waals surface area contributed by atoms with Gasteiger partial charge in [-0.3, -0.25) is 9.36 Å². The average molecular weight is 421 g/mol. The van der Waals surface area contributed by atoms with Crippen LogP contribution in [0.1, 0.15) is 41.0 Å². The Labute approximate surface area is 164 Å². The molecule has 0 N–H and O–H groups in total. The molecule has 28 heavy (non-hydrogen) atoms. The molecule has 160 valence electrons. The van der Waals surface area contributed by atoms with Gasteiger partial charge < -0.3 is 28.0 Å². The van der Waals surface area contributed by atoms with E-state index < -0.39 is 49.6 Å². The summed E-state index contributed by atoms with van der Waals surface area (Å²) in [6.07, 6.45) is -2.29. The summed E-state index contributed by atoms with van der Waals surface area (Å²) in [5.74, 6) is -1.62. The van der Waals surface area contributed by atoms with Crippen molar-refractivity contribution in [2.24, 2.45) is 5.11 Å². The SMILES string of the molecule is CCOC(=O)C(CC1OC2OC(C)(C)OC2C1N=[N+]=[N-])P(=O)(OCC)OCC. The molecule has 0 radical (unpaired) electrons. The van der Waals surface area contributed by atoms with Crippen molar-refractivity contribution < 1.29 is 37.4 Å². The van der Waals surface area contributed by atoms with Gasteiger partial charge in [0.25, 0.3) is 0 Å². The third-order valence-corrected chi connectivity index (χ3v) is 6.73. The van der Waals surface area contributed by atoms with Crippen molar-refractivity contribution in [1.29, 1.82) is 0 Å². The summed E-state index contributed by atoms with van der Waals surface area (Å²) in [5.41, 5.74) is 7.73. The highest BCUT2D eigenvalue weighted by atomic mass is 31.2. The second-order valence-corrected chi connectivity index (χ2v) is 8.94. The fraction of sp³-hybridized carbons (Fsp3) is 0.938. The minimum atomic E-state index is -3.84. The quantitative estimate of drug-likeness (QED) is 0.172. The molecule has 0 aromatic carbocycles. The molecule has 11 nitrogen and oxygen atoms in total. The van der Waals surface area contributed by atoms with Crippen molar-refractivity contribution in [3.63, 3.8) is 0 Å². The lowest BCUT2D eigenvalue weighted by Gasteiger charge is -2.29. The number of fused-ring (bicyclic) bond motifs is 1. The van der Waals surface area contributed by atoms with Crippen molar-refractivity contribution in [1.82, 2.24) is 0 Å². The zero-order chi connectivity index (χ0) is 20.9. The van der Waals surface area contributed by atoms with Gasteiger partial charge in [0, 0.05) is 4.91 Å². The van der Waals surface area contributed by atoms with Gasteiger partial charge in [0.15, 0.2) is 17.7 Å². The maximum absolute atomic E-state index is 13.3. The number of hydrogen-bond acceptors (Lipinski definition) is 9. The second-order valence-electron chi connectivity index (χ2n) is 6.72. The number of hydrogen-bond donors (Lipinski definition) is 0. The van der Waals surface area contributed by atoms with Gasteiger partial charge in [-0.2, -0.15) is 0 Å². The average Bonchev–Trinajstić information content (AvgIpc) is 3.06. The molecule has 2 aliphatic heterocycles. The Hall–Kier alpha value is -1.19. The predicted molar refractivity (Wildman–Crippen MR) is 97.5 cm³/mol. The van der Waals surface area contributed by atoms with Crippen LogP contribution in [-0.4, -0.2) is 61.8 Å². The van der Waals surface area contributed by atoms with E-state index in [1.165, 1.54) is 0 Å². The van der Waals surface area contributed by atoms with E-state index in [0.717, 1.165) is 0 Å². The Morgan fingerprint density at radius 2 is 1.86 bits per heavy atom. The van der Waals surface area contributed by atoms with Crippen LogP contribution in [0.4, 0.5) is 0 Å². The molecule has 2 saturated heterocycles. The number of esters is 1. The van der Waals surface area contributed by atoms with E-state index in [2.05, 4.69) is 10.0 Å². The molecule has 0 bridgehead atoms. The van der Waals surface area contributed by atoms with E-state index >= 15 is 0 Å². The van der Waals surface area contributed by atoms with Gasteiger partial charge >= 0.3 is 13.6 Å². The van der Waals surface area contributed by atoms with Crippen molar-refractivity contribution in [2.45, 2.75) is 77.0 Å². The van der Waals surface area contributed by atoms with Gasteiger partial charge in [-0.05, 0) is 46.6 Å². The smallest absolute Gasteiger partial charge is 0.344 e. The Bertz CT molecular complexity index is 644. The van der Waals surface area contributed by atoms with Crippen LogP contribution in [0, 0.1) is 0 Å². The standard InChI is InChI=1S/C16H28N3O8P/c1-6-22-14(20)11(28(21,23-7-2)24-8-3)9-10-12(18-19-17)13-15(25-10)27-16(4,5)26-13/h10-13,15H,6-9H2,1-5H3. The Morgan fingerprint density at radius 3 is 2.39 bits per heavy atom. The van der Waals surface area contributed by atoms with E-state index in [1.54, 1.807) is 34.6 Å². The molecule has 12 heteroatoms. The molecule has 2 aliphatic rings. The molecule has 0 aromatic rings. The lowest BCUT2D eigenvalue weighted by atomic mass is 10.0. The molecule has 0 spiro atoms. The van der Waals surface area contributed by atoms with Gasteiger partial charge in [-0.15, -0.1) is 0 Å². The van der Waals surface area contributed by atoms with Crippen LogP contribution >= 0.6 is 7.60 Å². The third kappa shape index (κ3) is 5.04. The summed E-state index contributed by atoms with van der Waals surface area (Å²) in [6.45, 7) is 8.66. The van der Waals surface area contributed by atoms with Gasteiger partial charge in [-0.1, -0.05) is 5.11 Å². The highest BCUT2D eigenvalue weighted by molar-refractivity contribution is 7.55. The summed E-state index contributed by atoms with van der Waals surface area (Å²) >= 11 is 0. The first-order valence-corrected chi connectivity index (χ1v) is 10.9. The fourth-order valence-corrected chi connectivity index (χ4v) is 5.30. The van der Waals surface area contributed by atoms with Crippen molar-refractivity contribution in [2.75, 3.05) is 19.8 Å². The maximum atomic E-state index is 13.3. The molecule has 0 saturated carbocycles. The number of carbonyl (C=O) groups excluding carboxylic acids is 1. The number of rotatable bonds is 10. The summed E-state index contributed by atoms with van der Waals surface area (Å²) in [5, 5.41) is 3.77. The first-order chi connectivity index (χ1) is 13.2. The largest absolute Gasteiger partial charge is 0.465 e. The predicted octanol–water partition coefficient (Wildman–Crippen LogP) is 3.13. The van der Waals surface area contributed by atoms with Crippen LogP contribution in [-0.2, 0) is 37.4 Å². The summed E-state index contributed by atoms with van der Waals surface area (Å²) < 4.78 is 46.3. The first-order valence-electron chi connectivity index (χ1n) is 9.32. The Morgan fingerprint density at radius 1 is 1.21 bits per heavy atom. The molecule has 2 fully saturated rings. The zero-order valence-corrected chi connectivity index (χ0v) is 17.7. The number of carbonyl (C=O) groups is 1. The molecule has 0 aromatic heterocycles. The monoisotopic (exact) mass is 421 g/mol. The molecule has 2 rings (SSSR count). The van der Waals surface area contributed by atoms with Gasteiger partial charge in [0.2, 0.25) is 0 Å². The van der Waals surface area contributed by atoms with Crippen LogP contribution in [0.2, 0.25) is 0 Å². The lowest BCUT2D eigenvalue weighted by Crippen LogP contribution is -2.37. The number of azide groups is 1. The number of ether oxygens (including phenoxy) is 4. The molecule has 5 atom stereocenters. The molecule has 0 amide bonds. The normalized spacial score (nSPS) is 29.8. The van der Waals surface area contributed by atoms with E-state index in [0.29, 0.717) is 0 Å². The summed E-state index contributed by atoms with van der Waals surface area (Å²) in [7, 11) is -3.84. The molecule has 2 heterocycles. The maximum Gasteiger partial charge on any atom is 0.344 e.